The van der Waals surface area contributed by atoms with E-state index in [-0.39, 0.29) is 6.61 Å². The van der Waals surface area contributed by atoms with Crippen molar-refractivity contribution in [3.63, 3.8) is 0 Å². The summed E-state index contributed by atoms with van der Waals surface area (Å²) in [6, 6.07) is -0.547. The van der Waals surface area contributed by atoms with Crippen LogP contribution in [0.1, 0.15) is 104 Å². The molecule has 1 saturated heterocycles. The number of unbranched alkanes of at least 4 members (excludes halogenated alkanes) is 11. The largest absolute Gasteiger partial charge is 0.394 e. The molecule has 1 rings (SSSR count). The van der Waals surface area contributed by atoms with Crippen LogP contribution in [-0.4, -0.2) is 111 Å². The third-order valence-corrected chi connectivity index (χ3v) is 7.70. The molecule has 0 radical (unpaired) electrons. The van der Waals surface area contributed by atoms with Crippen LogP contribution in [0.25, 0.3) is 0 Å². The Morgan fingerprint density at radius 1 is 0.730 bits per heavy atom. The molecule has 0 bridgehead atoms. The summed E-state index contributed by atoms with van der Waals surface area (Å²) in [6.45, 7) is 6.81. The summed E-state index contributed by atoms with van der Waals surface area (Å²) in [7, 11) is 0. The van der Waals surface area contributed by atoms with Crippen LogP contribution in [0.4, 0.5) is 0 Å². The highest BCUT2D eigenvalue weighted by molar-refractivity contribution is 4.90. The lowest BCUT2D eigenvalue weighted by atomic mass is 9.98. The number of ether oxygens (including phenoxy) is 2. The number of aliphatic hydroxyl groups excluding tert-OH is 6. The molecule has 0 aromatic rings. The average molecular weight is 536 g/mol. The van der Waals surface area contributed by atoms with Crippen molar-refractivity contribution < 1.29 is 40.1 Å². The predicted molar refractivity (Wildman–Crippen MR) is 144 cm³/mol. The highest BCUT2D eigenvalue weighted by Gasteiger charge is 2.44. The first-order chi connectivity index (χ1) is 17.8. The molecular formula is C28H57NO8. The monoisotopic (exact) mass is 535 g/mol. The molecule has 222 valence electrons. The fourth-order valence-corrected chi connectivity index (χ4v) is 5.13. The van der Waals surface area contributed by atoms with Gasteiger partial charge in [-0.15, -0.1) is 0 Å². The van der Waals surface area contributed by atoms with Crippen LogP contribution in [0, 0.1) is 0 Å². The molecule has 0 aromatic carbocycles. The Morgan fingerprint density at radius 2 is 1.24 bits per heavy atom. The molecular weight excluding hydrogens is 478 g/mol. The molecule has 1 fully saturated rings. The van der Waals surface area contributed by atoms with Crippen molar-refractivity contribution in [1.82, 2.24) is 4.90 Å². The number of likely N-dealkylation sites (N-methyl/N-ethyl adjacent to an activating group) is 1. The number of hydrogen-bond acceptors (Lipinski definition) is 9. The van der Waals surface area contributed by atoms with Crippen LogP contribution in [0.3, 0.4) is 0 Å². The van der Waals surface area contributed by atoms with E-state index in [9.17, 15) is 30.6 Å². The second-order valence-electron chi connectivity index (χ2n) is 10.6. The minimum absolute atomic E-state index is 0.0545. The van der Waals surface area contributed by atoms with Gasteiger partial charge in [-0.25, -0.2) is 0 Å². The molecule has 0 saturated carbocycles. The van der Waals surface area contributed by atoms with Crippen molar-refractivity contribution in [3.05, 3.63) is 0 Å². The molecule has 1 heterocycles. The highest BCUT2D eigenvalue weighted by Crippen LogP contribution is 2.23. The van der Waals surface area contributed by atoms with Gasteiger partial charge >= 0.3 is 0 Å². The highest BCUT2D eigenvalue weighted by atomic mass is 16.7. The van der Waals surface area contributed by atoms with Gasteiger partial charge in [0.05, 0.1) is 31.5 Å². The zero-order valence-electron chi connectivity index (χ0n) is 23.6. The van der Waals surface area contributed by atoms with E-state index in [0.717, 1.165) is 19.3 Å². The minimum atomic E-state index is -1.52. The molecule has 6 N–H and O–H groups in total. The van der Waals surface area contributed by atoms with Crippen LogP contribution >= 0.6 is 0 Å². The lowest BCUT2D eigenvalue weighted by Gasteiger charge is -2.41. The molecule has 1 aliphatic rings. The topological polar surface area (TPSA) is 143 Å². The van der Waals surface area contributed by atoms with E-state index >= 15 is 0 Å². The summed E-state index contributed by atoms with van der Waals surface area (Å²) in [5.41, 5.74) is 0. The maximum atomic E-state index is 11.0. The van der Waals surface area contributed by atoms with E-state index in [1.54, 1.807) is 0 Å². The molecule has 9 nitrogen and oxygen atoms in total. The smallest absolute Gasteiger partial charge is 0.186 e. The summed E-state index contributed by atoms with van der Waals surface area (Å²) >= 11 is 0. The Kier molecular flexibility index (Phi) is 19.2. The van der Waals surface area contributed by atoms with E-state index in [4.69, 9.17) is 9.47 Å². The van der Waals surface area contributed by atoms with Crippen molar-refractivity contribution >= 4 is 0 Å². The Morgan fingerprint density at radius 3 is 1.73 bits per heavy atom. The van der Waals surface area contributed by atoms with Gasteiger partial charge in [-0.3, -0.25) is 4.90 Å². The molecule has 8 atom stereocenters. The van der Waals surface area contributed by atoms with Gasteiger partial charge in [-0.05, 0) is 19.5 Å². The van der Waals surface area contributed by atoms with Crippen molar-refractivity contribution in [2.45, 2.75) is 153 Å². The van der Waals surface area contributed by atoms with Crippen LogP contribution in [0.5, 0.6) is 0 Å². The third-order valence-electron chi connectivity index (χ3n) is 7.70. The summed E-state index contributed by atoms with van der Waals surface area (Å²) in [5.74, 6) is 0. The Labute approximate surface area is 224 Å². The molecule has 0 unspecified atom stereocenters. The maximum absolute atomic E-state index is 11.0. The maximum Gasteiger partial charge on any atom is 0.186 e. The fourth-order valence-electron chi connectivity index (χ4n) is 5.13. The van der Waals surface area contributed by atoms with Gasteiger partial charge in [0.15, 0.2) is 6.29 Å². The van der Waals surface area contributed by atoms with E-state index < -0.39 is 55.6 Å². The SMILES string of the molecule is CCCCCCCCCCCCCC[C@@H](O)[C@@H](O)[C@H](CO[C@H]1O[C@@H](CO)[C@@H](O)[C@@H](O)[C@@H]1O)N(CC)CC. The Hall–Kier alpha value is -0.360. The predicted octanol–water partition coefficient (Wildman–Crippen LogP) is 2.33. The van der Waals surface area contributed by atoms with Crippen molar-refractivity contribution in [3.8, 4) is 0 Å². The fraction of sp³-hybridized carbons (Fsp3) is 1.00. The standard InChI is InChI=1S/C28H57NO8/c1-4-7-8-9-10-11-12-13-14-15-16-17-18-22(31)24(32)21(29(5-2)6-3)20-36-28-27(35)26(34)25(33)23(19-30)37-28/h21-28,30-35H,4-20H2,1-3H3/t21-,22+,23-,24-,25+,26+,27-,28-/m0/s1. The van der Waals surface area contributed by atoms with Crippen LogP contribution in [-0.2, 0) is 9.47 Å². The second kappa shape index (κ2) is 20.5. The van der Waals surface area contributed by atoms with Crippen LogP contribution < -0.4 is 0 Å². The zero-order valence-corrected chi connectivity index (χ0v) is 23.6. The van der Waals surface area contributed by atoms with Gasteiger partial charge in [0, 0.05) is 0 Å². The first-order valence-corrected chi connectivity index (χ1v) is 14.8. The molecule has 37 heavy (non-hydrogen) atoms. The van der Waals surface area contributed by atoms with Crippen molar-refractivity contribution in [1.29, 1.82) is 0 Å². The quantitative estimate of drug-likeness (QED) is 0.115. The van der Waals surface area contributed by atoms with E-state index in [1.165, 1.54) is 57.8 Å². The molecule has 0 spiro atoms. The number of aliphatic hydroxyl groups is 6. The van der Waals surface area contributed by atoms with Gasteiger partial charge in [-0.2, -0.15) is 0 Å². The third kappa shape index (κ3) is 12.6. The second-order valence-corrected chi connectivity index (χ2v) is 10.6. The van der Waals surface area contributed by atoms with Crippen LogP contribution in [0.15, 0.2) is 0 Å². The zero-order chi connectivity index (χ0) is 27.6. The lowest BCUT2D eigenvalue weighted by molar-refractivity contribution is -0.304. The Bertz CT molecular complexity index is 536. The number of rotatable bonds is 22. The summed E-state index contributed by atoms with van der Waals surface area (Å²) in [4.78, 5) is 1.97. The molecule has 9 heteroatoms. The van der Waals surface area contributed by atoms with E-state index in [0.29, 0.717) is 19.5 Å². The van der Waals surface area contributed by atoms with Gasteiger partial charge in [0.2, 0.25) is 0 Å². The van der Waals surface area contributed by atoms with Gasteiger partial charge in [0.25, 0.3) is 0 Å². The molecule has 0 aromatic heterocycles. The molecule has 0 amide bonds. The molecule has 0 aliphatic carbocycles. The normalized spacial score (nSPS) is 26.9. The van der Waals surface area contributed by atoms with Gasteiger partial charge in [-0.1, -0.05) is 97.8 Å². The molecule has 1 aliphatic heterocycles. The first kappa shape index (κ1) is 34.7. The van der Waals surface area contributed by atoms with Crippen LogP contribution in [0.2, 0.25) is 0 Å². The van der Waals surface area contributed by atoms with Crippen molar-refractivity contribution in [2.75, 3.05) is 26.3 Å². The van der Waals surface area contributed by atoms with Gasteiger partial charge in [0.1, 0.15) is 24.4 Å². The minimum Gasteiger partial charge on any atom is -0.394 e. The number of nitrogens with zero attached hydrogens (tertiary/aromatic N) is 1. The first-order valence-electron chi connectivity index (χ1n) is 14.8. The lowest BCUT2D eigenvalue weighted by Crippen LogP contribution is -2.60. The summed E-state index contributed by atoms with van der Waals surface area (Å²) in [6.07, 6.45) is 6.52. The summed E-state index contributed by atoms with van der Waals surface area (Å²) < 4.78 is 11.1. The summed E-state index contributed by atoms with van der Waals surface area (Å²) in [5, 5.41) is 61.3. The van der Waals surface area contributed by atoms with E-state index in [2.05, 4.69) is 6.92 Å². The van der Waals surface area contributed by atoms with Crippen molar-refractivity contribution in [2.24, 2.45) is 0 Å². The average Bonchev–Trinajstić information content (AvgIpc) is 2.90. The van der Waals surface area contributed by atoms with E-state index in [1.807, 2.05) is 18.7 Å². The number of hydrogen-bond donors (Lipinski definition) is 6. The Balaban J connectivity index is 2.41. The van der Waals surface area contributed by atoms with Gasteiger partial charge < -0.3 is 40.1 Å².